The molecule has 120 valence electrons. The molecule has 2 amide bonds. The number of amides is 2. The maximum atomic E-state index is 12.1. The van der Waals surface area contributed by atoms with Crippen molar-refractivity contribution >= 4 is 11.7 Å². The first-order valence-electron chi connectivity index (χ1n) is 7.19. The Bertz CT molecular complexity index is 524. The zero-order chi connectivity index (χ0) is 16.1. The first kappa shape index (κ1) is 16.1. The van der Waals surface area contributed by atoms with Gasteiger partial charge in [-0.05, 0) is 31.9 Å². The molecule has 9 heteroatoms. The van der Waals surface area contributed by atoms with E-state index in [0.717, 1.165) is 12.1 Å². The zero-order valence-corrected chi connectivity index (χ0v) is 12.8. The smallest absolute Gasteiger partial charge is 0.324 e. The quantitative estimate of drug-likeness (QED) is 0.277. The van der Waals surface area contributed by atoms with Crippen molar-refractivity contribution in [1.82, 2.24) is 10.2 Å². The lowest BCUT2D eigenvalue weighted by atomic mass is 10.1. The summed E-state index contributed by atoms with van der Waals surface area (Å²) in [5.41, 5.74) is 9.22. The summed E-state index contributed by atoms with van der Waals surface area (Å²) in [4.78, 5) is 21.7. The molecule has 2 heterocycles. The van der Waals surface area contributed by atoms with E-state index in [1.54, 1.807) is 12.3 Å². The van der Waals surface area contributed by atoms with Crippen molar-refractivity contribution in [2.24, 2.45) is 10.3 Å². The average Bonchev–Trinajstić information content (AvgIpc) is 2.88. The Labute approximate surface area is 128 Å². The van der Waals surface area contributed by atoms with Gasteiger partial charge in [0.15, 0.2) is 6.10 Å². The molecule has 0 aromatic rings. The van der Waals surface area contributed by atoms with Crippen LogP contribution in [0.1, 0.15) is 33.6 Å². The van der Waals surface area contributed by atoms with E-state index in [4.69, 9.17) is 15.1 Å². The zero-order valence-electron chi connectivity index (χ0n) is 12.8. The lowest BCUT2D eigenvalue weighted by Crippen LogP contribution is -2.49. The fourth-order valence-corrected chi connectivity index (χ4v) is 2.36. The van der Waals surface area contributed by atoms with Gasteiger partial charge in [0, 0.05) is 17.5 Å². The molecule has 2 rings (SSSR count). The normalized spacial score (nSPS) is 30.5. The number of carbonyl (C=O) groups is 1. The van der Waals surface area contributed by atoms with E-state index >= 15 is 0 Å². The first-order valence-corrected chi connectivity index (χ1v) is 7.19. The van der Waals surface area contributed by atoms with Gasteiger partial charge in [-0.15, -0.1) is 0 Å². The average molecular weight is 308 g/mol. The fraction of sp³-hybridized carbons (Fsp3) is 0.692. The van der Waals surface area contributed by atoms with Gasteiger partial charge in [0.2, 0.25) is 0 Å². The molecule has 4 atom stereocenters. The van der Waals surface area contributed by atoms with Crippen LogP contribution in [0.15, 0.2) is 22.5 Å². The molecule has 22 heavy (non-hydrogen) atoms. The predicted octanol–water partition coefficient (Wildman–Crippen LogP) is 2.47. The van der Waals surface area contributed by atoms with Gasteiger partial charge in [-0.2, -0.15) is 0 Å². The number of nitrogens with one attached hydrogen (secondary N) is 1. The Morgan fingerprint density at radius 2 is 2.41 bits per heavy atom. The van der Waals surface area contributed by atoms with E-state index in [-0.39, 0.29) is 18.2 Å². The van der Waals surface area contributed by atoms with Crippen molar-refractivity contribution in [3.8, 4) is 0 Å². The summed E-state index contributed by atoms with van der Waals surface area (Å²) in [6, 6.07) is -0.365. The molecule has 0 saturated carbocycles. The summed E-state index contributed by atoms with van der Waals surface area (Å²) in [5, 5.41) is 10.00. The van der Waals surface area contributed by atoms with Crippen molar-refractivity contribution < 1.29 is 14.4 Å². The highest BCUT2D eigenvalue weighted by Gasteiger charge is 2.41. The summed E-state index contributed by atoms with van der Waals surface area (Å²) < 4.78 is 5.88. The first-order chi connectivity index (χ1) is 10.5. The Morgan fingerprint density at radius 1 is 1.64 bits per heavy atom. The molecule has 1 saturated heterocycles. The van der Waals surface area contributed by atoms with Crippen molar-refractivity contribution in [1.29, 1.82) is 0 Å². The molecule has 0 aromatic carbocycles. The van der Waals surface area contributed by atoms with Gasteiger partial charge < -0.3 is 14.9 Å². The topological polar surface area (TPSA) is 112 Å². The number of ether oxygens (including phenoxy) is 1. The van der Waals surface area contributed by atoms with Crippen LogP contribution >= 0.6 is 0 Å². The van der Waals surface area contributed by atoms with Crippen LogP contribution in [0, 0.1) is 0 Å². The largest absolute Gasteiger partial charge is 0.390 e. The number of carbonyl (C=O) groups excluding carboxylic acids is 1. The summed E-state index contributed by atoms with van der Waals surface area (Å²) >= 11 is 0. The molecule has 1 N–H and O–H groups in total. The lowest BCUT2D eigenvalue weighted by molar-refractivity contribution is -0.0468. The molecule has 9 nitrogen and oxygen atoms in total. The lowest BCUT2D eigenvalue weighted by Gasteiger charge is -2.29. The van der Waals surface area contributed by atoms with Crippen LogP contribution in [0.4, 0.5) is 4.79 Å². The third kappa shape index (κ3) is 3.69. The molecule has 2 aliphatic rings. The minimum atomic E-state index is -0.670. The summed E-state index contributed by atoms with van der Waals surface area (Å²) in [5.74, 6) is 0. The van der Waals surface area contributed by atoms with Gasteiger partial charge in [0.25, 0.3) is 0 Å². The van der Waals surface area contributed by atoms with Crippen LogP contribution in [-0.2, 0) is 9.57 Å². The van der Waals surface area contributed by atoms with E-state index in [0.29, 0.717) is 6.42 Å². The standard InChI is InChI=1S/C13H20N6O3/c1-4-9-10(22-17-8(2)3)7-12(21-9)19-6-5-11(16-18-14)15-13(19)20/h5-6,9-12H,4,7H2,1-3H3,(H,15,20)/t9-,10-,11?,12-/m1/s1. The molecule has 2 aliphatic heterocycles. The highest BCUT2D eigenvalue weighted by Crippen LogP contribution is 2.29. The number of hydrogen-bond acceptors (Lipinski definition) is 5. The monoisotopic (exact) mass is 308 g/mol. The molecule has 1 unspecified atom stereocenters. The van der Waals surface area contributed by atoms with Crippen LogP contribution in [0.25, 0.3) is 10.4 Å². The molecule has 0 radical (unpaired) electrons. The summed E-state index contributed by atoms with van der Waals surface area (Å²) in [6.07, 6.45) is 3.06. The van der Waals surface area contributed by atoms with Crippen molar-refractivity contribution in [3.05, 3.63) is 22.7 Å². The van der Waals surface area contributed by atoms with E-state index in [2.05, 4.69) is 20.5 Å². The number of azide groups is 1. The summed E-state index contributed by atoms with van der Waals surface area (Å²) in [6.45, 7) is 5.70. The second-order valence-corrected chi connectivity index (χ2v) is 5.30. The minimum Gasteiger partial charge on any atom is -0.390 e. The van der Waals surface area contributed by atoms with Gasteiger partial charge in [-0.1, -0.05) is 17.2 Å². The van der Waals surface area contributed by atoms with Crippen molar-refractivity contribution in [2.45, 2.75) is 58.2 Å². The minimum absolute atomic E-state index is 0.121. The second kappa shape index (κ2) is 7.15. The van der Waals surface area contributed by atoms with Crippen LogP contribution in [0.2, 0.25) is 0 Å². The third-order valence-corrected chi connectivity index (χ3v) is 3.37. The van der Waals surface area contributed by atoms with Crippen LogP contribution in [-0.4, -0.2) is 41.2 Å². The van der Waals surface area contributed by atoms with Crippen LogP contribution in [0.3, 0.4) is 0 Å². The summed E-state index contributed by atoms with van der Waals surface area (Å²) in [7, 11) is 0. The Kier molecular flexibility index (Phi) is 5.24. The molecule has 0 bridgehead atoms. The van der Waals surface area contributed by atoms with Crippen LogP contribution in [0.5, 0.6) is 0 Å². The molecule has 0 aromatic heterocycles. The van der Waals surface area contributed by atoms with Gasteiger partial charge in [-0.25, -0.2) is 4.79 Å². The van der Waals surface area contributed by atoms with Crippen molar-refractivity contribution in [3.63, 3.8) is 0 Å². The van der Waals surface area contributed by atoms with Gasteiger partial charge >= 0.3 is 6.03 Å². The second-order valence-electron chi connectivity index (χ2n) is 5.30. The Morgan fingerprint density at radius 3 is 3.00 bits per heavy atom. The highest BCUT2D eigenvalue weighted by atomic mass is 16.7. The predicted molar refractivity (Wildman–Crippen MR) is 79.7 cm³/mol. The maximum absolute atomic E-state index is 12.1. The number of oxime groups is 1. The number of urea groups is 1. The number of hydrogen-bond donors (Lipinski definition) is 1. The van der Waals surface area contributed by atoms with Crippen LogP contribution < -0.4 is 5.32 Å². The van der Waals surface area contributed by atoms with Gasteiger partial charge in [-0.3, -0.25) is 4.90 Å². The van der Waals surface area contributed by atoms with Gasteiger partial charge in [0.05, 0.1) is 11.8 Å². The molecule has 0 spiro atoms. The SMILES string of the molecule is CC[C@H]1O[C@@H](N2C=CC(N=[N+]=[N-])NC2=O)C[C@H]1ON=C(C)C. The number of rotatable bonds is 5. The fourth-order valence-electron chi connectivity index (χ4n) is 2.36. The highest BCUT2D eigenvalue weighted by molar-refractivity contribution is 5.78. The van der Waals surface area contributed by atoms with Crippen molar-refractivity contribution in [2.75, 3.05) is 0 Å². The molecule has 0 aliphatic carbocycles. The van der Waals surface area contributed by atoms with Gasteiger partial charge in [0.1, 0.15) is 12.4 Å². The molecular formula is C13H20N6O3. The van der Waals surface area contributed by atoms with E-state index in [1.807, 2.05) is 20.8 Å². The molecule has 1 fully saturated rings. The van der Waals surface area contributed by atoms with E-state index in [9.17, 15) is 4.79 Å². The number of nitrogens with zero attached hydrogens (tertiary/aromatic N) is 5. The molecular weight excluding hydrogens is 288 g/mol. The third-order valence-electron chi connectivity index (χ3n) is 3.37. The Hall–Kier alpha value is -2.25. The van der Waals surface area contributed by atoms with E-state index in [1.165, 1.54) is 4.90 Å². The maximum Gasteiger partial charge on any atom is 0.324 e. The van der Waals surface area contributed by atoms with E-state index < -0.39 is 12.4 Å². The Balaban J connectivity index is 2.04.